The molecule has 0 aromatic carbocycles. The van der Waals surface area contributed by atoms with Crippen LogP contribution in [0.1, 0.15) is 13.3 Å². The Bertz CT molecular complexity index is 202. The molecular formula is C7H13N3OS. The van der Waals surface area contributed by atoms with Gasteiger partial charge in [-0.25, -0.2) is 4.98 Å². The molecule has 12 heavy (non-hydrogen) atoms. The molecule has 4 nitrogen and oxygen atoms in total. The van der Waals surface area contributed by atoms with Gasteiger partial charge in [0.15, 0.2) is 0 Å². The van der Waals surface area contributed by atoms with Crippen LogP contribution in [-0.2, 0) is 0 Å². The first-order chi connectivity index (χ1) is 5.83. The summed E-state index contributed by atoms with van der Waals surface area (Å²) < 4.78 is 3.86. The van der Waals surface area contributed by atoms with E-state index in [1.54, 1.807) is 0 Å². The number of nitrogens with zero attached hydrogens (tertiary/aromatic N) is 2. The second kappa shape index (κ2) is 5.05. The summed E-state index contributed by atoms with van der Waals surface area (Å²) in [6.07, 6.45) is 2.36. The number of anilines is 1. The highest BCUT2D eigenvalue weighted by Crippen LogP contribution is 2.08. The average Bonchev–Trinajstić information content (AvgIpc) is 2.53. The van der Waals surface area contributed by atoms with Crippen LogP contribution >= 0.6 is 11.5 Å². The zero-order valence-corrected chi connectivity index (χ0v) is 7.84. The van der Waals surface area contributed by atoms with E-state index in [-0.39, 0.29) is 6.61 Å². The minimum absolute atomic E-state index is 0.249. The fourth-order valence-corrected chi connectivity index (χ4v) is 1.27. The van der Waals surface area contributed by atoms with Crippen LogP contribution in [0.25, 0.3) is 0 Å². The third kappa shape index (κ3) is 3.15. The SMILES string of the molecule is CC(CCO)CNc1ncns1. The van der Waals surface area contributed by atoms with Crippen molar-refractivity contribution in [1.29, 1.82) is 0 Å². The van der Waals surface area contributed by atoms with Crippen LogP contribution in [0.3, 0.4) is 0 Å². The molecule has 0 saturated heterocycles. The minimum Gasteiger partial charge on any atom is -0.396 e. The van der Waals surface area contributed by atoms with Crippen LogP contribution in [0.5, 0.6) is 0 Å². The Labute approximate surface area is 75.8 Å². The molecule has 0 saturated carbocycles. The van der Waals surface area contributed by atoms with Crippen molar-refractivity contribution in [3.63, 3.8) is 0 Å². The van der Waals surface area contributed by atoms with Gasteiger partial charge in [-0.2, -0.15) is 4.37 Å². The van der Waals surface area contributed by atoms with E-state index in [1.165, 1.54) is 17.9 Å². The molecule has 1 aromatic heterocycles. The predicted octanol–water partition coefficient (Wildman–Crippen LogP) is 0.968. The van der Waals surface area contributed by atoms with Gasteiger partial charge in [-0.3, -0.25) is 0 Å². The first kappa shape index (κ1) is 9.41. The maximum atomic E-state index is 8.64. The summed E-state index contributed by atoms with van der Waals surface area (Å²) in [5.74, 6) is 0.471. The monoisotopic (exact) mass is 187 g/mol. The molecule has 1 heterocycles. The molecule has 0 radical (unpaired) electrons. The summed E-state index contributed by atoms with van der Waals surface area (Å²) in [4.78, 5) is 3.98. The molecule has 1 unspecified atom stereocenters. The van der Waals surface area contributed by atoms with Crippen molar-refractivity contribution in [3.05, 3.63) is 6.33 Å². The van der Waals surface area contributed by atoms with Crippen LogP contribution in [0.4, 0.5) is 5.13 Å². The lowest BCUT2D eigenvalue weighted by molar-refractivity contribution is 0.266. The predicted molar refractivity (Wildman–Crippen MR) is 49.3 cm³/mol. The van der Waals surface area contributed by atoms with Crippen LogP contribution in [-0.4, -0.2) is 27.6 Å². The van der Waals surface area contributed by atoms with E-state index in [1.807, 2.05) is 0 Å². The molecule has 2 N–H and O–H groups in total. The molecule has 0 fully saturated rings. The van der Waals surface area contributed by atoms with Crippen molar-refractivity contribution >= 4 is 16.7 Å². The van der Waals surface area contributed by atoms with Crippen molar-refractivity contribution < 1.29 is 5.11 Å². The second-order valence-electron chi connectivity index (χ2n) is 2.74. The molecule has 1 aromatic rings. The smallest absolute Gasteiger partial charge is 0.202 e. The molecule has 0 amide bonds. The standard InChI is InChI=1S/C7H13N3OS/c1-6(2-3-11)4-8-7-9-5-10-12-7/h5-6,11H,2-4H2,1H3,(H,8,9,10). The van der Waals surface area contributed by atoms with E-state index in [2.05, 4.69) is 21.6 Å². The molecule has 68 valence electrons. The summed E-state index contributed by atoms with van der Waals surface area (Å²) >= 11 is 1.35. The number of rotatable bonds is 5. The molecule has 0 aliphatic rings. The minimum atomic E-state index is 0.249. The van der Waals surface area contributed by atoms with Gasteiger partial charge in [-0.05, 0) is 12.3 Å². The summed E-state index contributed by atoms with van der Waals surface area (Å²) in [6.45, 7) is 3.18. The van der Waals surface area contributed by atoms with Gasteiger partial charge in [-0.15, -0.1) is 0 Å². The fraction of sp³-hybridized carbons (Fsp3) is 0.714. The summed E-state index contributed by atoms with van der Waals surface area (Å²) in [7, 11) is 0. The number of nitrogens with one attached hydrogen (secondary N) is 1. The molecule has 0 aliphatic heterocycles. The Balaban J connectivity index is 2.17. The van der Waals surface area contributed by atoms with E-state index in [4.69, 9.17) is 5.11 Å². The lowest BCUT2D eigenvalue weighted by Gasteiger charge is -2.08. The molecule has 5 heteroatoms. The largest absolute Gasteiger partial charge is 0.396 e. The number of hydrogen-bond donors (Lipinski definition) is 2. The van der Waals surface area contributed by atoms with E-state index in [9.17, 15) is 0 Å². The molecule has 1 rings (SSSR count). The van der Waals surface area contributed by atoms with Crippen LogP contribution in [0.2, 0.25) is 0 Å². The van der Waals surface area contributed by atoms with Gasteiger partial charge in [0.05, 0.1) is 0 Å². The van der Waals surface area contributed by atoms with Gasteiger partial charge >= 0.3 is 0 Å². The summed E-state index contributed by atoms with van der Waals surface area (Å²) in [5, 5.41) is 12.6. The number of aliphatic hydroxyl groups excluding tert-OH is 1. The van der Waals surface area contributed by atoms with Gasteiger partial charge in [0, 0.05) is 24.7 Å². The van der Waals surface area contributed by atoms with Crippen molar-refractivity contribution in [2.24, 2.45) is 5.92 Å². The van der Waals surface area contributed by atoms with Crippen LogP contribution in [0, 0.1) is 5.92 Å². The molecular weight excluding hydrogens is 174 g/mol. The first-order valence-corrected chi connectivity index (χ1v) is 4.71. The van der Waals surface area contributed by atoms with Crippen LogP contribution < -0.4 is 5.32 Å². The lowest BCUT2D eigenvalue weighted by atomic mass is 10.1. The Morgan fingerprint density at radius 1 is 1.75 bits per heavy atom. The topological polar surface area (TPSA) is 58.0 Å². The van der Waals surface area contributed by atoms with Gasteiger partial charge in [-0.1, -0.05) is 6.92 Å². The van der Waals surface area contributed by atoms with Gasteiger partial charge in [0.25, 0.3) is 0 Å². The maximum absolute atomic E-state index is 8.64. The normalized spacial score (nSPS) is 12.8. The van der Waals surface area contributed by atoms with Crippen LogP contribution in [0.15, 0.2) is 6.33 Å². The van der Waals surface area contributed by atoms with E-state index < -0.39 is 0 Å². The molecule has 1 atom stereocenters. The third-order valence-electron chi connectivity index (χ3n) is 1.58. The van der Waals surface area contributed by atoms with Gasteiger partial charge in [0.1, 0.15) is 6.33 Å². The van der Waals surface area contributed by atoms with E-state index in [0.29, 0.717) is 5.92 Å². The average molecular weight is 187 g/mol. The zero-order chi connectivity index (χ0) is 8.81. The highest BCUT2D eigenvalue weighted by atomic mass is 32.1. The van der Waals surface area contributed by atoms with Crippen molar-refractivity contribution in [2.45, 2.75) is 13.3 Å². The quantitative estimate of drug-likeness (QED) is 0.721. The maximum Gasteiger partial charge on any atom is 0.202 e. The fourth-order valence-electron chi connectivity index (χ4n) is 0.835. The summed E-state index contributed by atoms with van der Waals surface area (Å²) in [5.41, 5.74) is 0. The molecule has 0 aliphatic carbocycles. The number of aromatic nitrogens is 2. The third-order valence-corrected chi connectivity index (χ3v) is 2.21. The lowest BCUT2D eigenvalue weighted by Crippen LogP contribution is -2.12. The Kier molecular flexibility index (Phi) is 3.96. The Hall–Kier alpha value is -0.680. The van der Waals surface area contributed by atoms with Gasteiger partial charge < -0.3 is 10.4 Å². The number of hydrogen-bond acceptors (Lipinski definition) is 5. The van der Waals surface area contributed by atoms with Crippen molar-refractivity contribution in [1.82, 2.24) is 9.36 Å². The summed E-state index contributed by atoms with van der Waals surface area (Å²) in [6, 6.07) is 0. The van der Waals surface area contributed by atoms with Crippen molar-refractivity contribution in [2.75, 3.05) is 18.5 Å². The molecule has 0 bridgehead atoms. The number of aliphatic hydroxyl groups is 1. The van der Waals surface area contributed by atoms with E-state index >= 15 is 0 Å². The van der Waals surface area contributed by atoms with Crippen molar-refractivity contribution in [3.8, 4) is 0 Å². The Morgan fingerprint density at radius 2 is 2.58 bits per heavy atom. The Morgan fingerprint density at radius 3 is 3.17 bits per heavy atom. The highest BCUT2D eigenvalue weighted by molar-refractivity contribution is 7.09. The highest BCUT2D eigenvalue weighted by Gasteiger charge is 2.01. The molecule has 0 spiro atoms. The zero-order valence-electron chi connectivity index (χ0n) is 7.03. The van der Waals surface area contributed by atoms with Gasteiger partial charge in [0.2, 0.25) is 5.13 Å². The first-order valence-electron chi connectivity index (χ1n) is 3.94. The second-order valence-corrected chi connectivity index (χ2v) is 3.52. The van der Waals surface area contributed by atoms with E-state index in [0.717, 1.165) is 18.1 Å².